The van der Waals surface area contributed by atoms with Crippen LogP contribution in [0.1, 0.15) is 13.8 Å². The van der Waals surface area contributed by atoms with Crippen LogP contribution in [0.2, 0.25) is 0 Å². The fourth-order valence-corrected chi connectivity index (χ4v) is 2.59. The molecule has 116 valence electrons. The second-order valence-corrected chi connectivity index (χ2v) is 5.28. The van der Waals surface area contributed by atoms with Gasteiger partial charge in [-0.2, -0.15) is 0 Å². The fourth-order valence-electron chi connectivity index (χ4n) is 2.59. The molecule has 0 unspecified atom stereocenters. The number of rotatable bonds is 5. The average molecular weight is 291 g/mol. The Morgan fingerprint density at radius 2 is 1.90 bits per heavy atom. The van der Waals surface area contributed by atoms with Crippen molar-refractivity contribution >= 4 is 17.4 Å². The van der Waals surface area contributed by atoms with Crippen molar-refractivity contribution < 1.29 is 4.79 Å². The summed E-state index contributed by atoms with van der Waals surface area (Å²) >= 11 is 0. The molecule has 1 aromatic rings. The molecule has 1 aliphatic heterocycles. The molecule has 0 aliphatic carbocycles. The van der Waals surface area contributed by atoms with Crippen LogP contribution in [-0.4, -0.2) is 66.5 Å². The van der Waals surface area contributed by atoms with Crippen molar-refractivity contribution in [1.29, 1.82) is 0 Å². The molecule has 1 aromatic heterocycles. The maximum absolute atomic E-state index is 12.1. The van der Waals surface area contributed by atoms with Gasteiger partial charge < -0.3 is 15.5 Å². The van der Waals surface area contributed by atoms with Crippen molar-refractivity contribution in [3.8, 4) is 0 Å². The van der Waals surface area contributed by atoms with Crippen LogP contribution in [0.25, 0.3) is 0 Å². The topological polar surface area (TPSA) is 65.7 Å². The molecular weight excluding hydrogens is 266 g/mol. The number of pyridine rings is 1. The number of nitrogens with two attached hydrogens (primary N) is 1. The molecule has 1 fully saturated rings. The third-order valence-corrected chi connectivity index (χ3v) is 3.94. The van der Waals surface area contributed by atoms with Gasteiger partial charge in [0.2, 0.25) is 5.91 Å². The molecule has 0 bridgehead atoms. The summed E-state index contributed by atoms with van der Waals surface area (Å²) in [7, 11) is 0. The van der Waals surface area contributed by atoms with Gasteiger partial charge in [0.05, 0.1) is 18.4 Å². The second kappa shape index (κ2) is 7.26. The van der Waals surface area contributed by atoms with E-state index in [0.717, 1.165) is 45.1 Å². The van der Waals surface area contributed by atoms with Crippen LogP contribution in [0.3, 0.4) is 0 Å². The number of hydrogen-bond donors (Lipinski definition) is 1. The number of anilines is 2. The van der Waals surface area contributed by atoms with E-state index in [1.165, 1.54) is 0 Å². The first-order valence-electron chi connectivity index (χ1n) is 7.60. The van der Waals surface area contributed by atoms with Gasteiger partial charge in [-0.1, -0.05) is 0 Å². The number of aromatic nitrogens is 1. The molecule has 21 heavy (non-hydrogen) atoms. The van der Waals surface area contributed by atoms with Crippen molar-refractivity contribution in [2.24, 2.45) is 0 Å². The molecule has 2 heterocycles. The second-order valence-electron chi connectivity index (χ2n) is 5.28. The number of carbonyl (C=O) groups is 1. The number of carbonyl (C=O) groups excluding carboxylic acids is 1. The fraction of sp³-hybridized carbons (Fsp3) is 0.600. The molecule has 0 radical (unpaired) electrons. The number of likely N-dealkylation sites (N-methyl/N-ethyl adjacent to an activating group) is 1. The maximum Gasteiger partial charge on any atom is 0.236 e. The number of hydrogen-bond acceptors (Lipinski definition) is 5. The van der Waals surface area contributed by atoms with E-state index >= 15 is 0 Å². The minimum Gasteiger partial charge on any atom is -0.397 e. The predicted octanol–water partition coefficient (Wildman–Crippen LogP) is 0.654. The summed E-state index contributed by atoms with van der Waals surface area (Å²) in [5.41, 5.74) is 6.34. The molecule has 1 saturated heterocycles. The summed E-state index contributed by atoms with van der Waals surface area (Å²) < 4.78 is 0. The summed E-state index contributed by atoms with van der Waals surface area (Å²) in [6.07, 6.45) is 1.69. The van der Waals surface area contributed by atoms with Gasteiger partial charge >= 0.3 is 0 Å². The molecule has 0 atom stereocenters. The highest BCUT2D eigenvalue weighted by Gasteiger charge is 2.21. The summed E-state index contributed by atoms with van der Waals surface area (Å²) in [5, 5.41) is 0. The van der Waals surface area contributed by atoms with Gasteiger partial charge in [-0.25, -0.2) is 4.98 Å². The molecule has 6 heteroatoms. The molecule has 6 nitrogen and oxygen atoms in total. The van der Waals surface area contributed by atoms with Gasteiger partial charge in [0.15, 0.2) is 0 Å². The van der Waals surface area contributed by atoms with Crippen molar-refractivity contribution in [1.82, 2.24) is 14.8 Å². The van der Waals surface area contributed by atoms with Crippen LogP contribution in [0, 0.1) is 0 Å². The summed E-state index contributed by atoms with van der Waals surface area (Å²) in [6.45, 7) is 9.68. The molecule has 2 rings (SSSR count). The van der Waals surface area contributed by atoms with Crippen LogP contribution in [0.5, 0.6) is 0 Å². The number of piperazine rings is 1. The summed E-state index contributed by atoms with van der Waals surface area (Å²) in [6, 6.07) is 3.82. The van der Waals surface area contributed by atoms with E-state index in [1.54, 1.807) is 6.20 Å². The highest BCUT2D eigenvalue weighted by atomic mass is 16.2. The Labute approximate surface area is 126 Å². The Kier molecular flexibility index (Phi) is 5.38. The Morgan fingerprint density at radius 1 is 1.24 bits per heavy atom. The first kappa shape index (κ1) is 15.6. The van der Waals surface area contributed by atoms with Gasteiger partial charge in [0, 0.05) is 39.3 Å². The monoisotopic (exact) mass is 291 g/mol. The SMILES string of the molecule is CCN(CC)C(=O)CN1CCN(c2ccc(N)cn2)CC1. The zero-order valence-electron chi connectivity index (χ0n) is 13.0. The minimum atomic E-state index is 0.221. The Hall–Kier alpha value is -1.82. The standard InChI is InChI=1S/C15H25N5O/c1-3-19(4-2)15(21)12-18-7-9-20(10-8-18)14-6-5-13(16)11-17-14/h5-6,11H,3-4,7-10,12,16H2,1-2H3. The van der Waals surface area contributed by atoms with Crippen LogP contribution >= 0.6 is 0 Å². The summed E-state index contributed by atoms with van der Waals surface area (Å²) in [4.78, 5) is 22.8. The lowest BCUT2D eigenvalue weighted by Gasteiger charge is -2.35. The van der Waals surface area contributed by atoms with Crippen molar-refractivity contribution in [2.75, 3.05) is 56.4 Å². The largest absolute Gasteiger partial charge is 0.397 e. The van der Waals surface area contributed by atoms with Gasteiger partial charge in [-0.3, -0.25) is 9.69 Å². The van der Waals surface area contributed by atoms with Gasteiger partial charge in [-0.05, 0) is 26.0 Å². The van der Waals surface area contributed by atoms with Gasteiger partial charge in [-0.15, -0.1) is 0 Å². The lowest BCUT2D eigenvalue weighted by molar-refractivity contribution is -0.132. The number of nitrogens with zero attached hydrogens (tertiary/aromatic N) is 4. The van der Waals surface area contributed by atoms with Gasteiger partial charge in [0.1, 0.15) is 5.82 Å². The Balaban J connectivity index is 1.83. The smallest absolute Gasteiger partial charge is 0.236 e. The highest BCUT2D eigenvalue weighted by molar-refractivity contribution is 5.78. The zero-order chi connectivity index (χ0) is 15.2. The van der Waals surface area contributed by atoms with Crippen molar-refractivity contribution in [3.05, 3.63) is 18.3 Å². The first-order chi connectivity index (χ1) is 10.1. The van der Waals surface area contributed by atoms with E-state index in [2.05, 4.69) is 14.8 Å². The predicted molar refractivity (Wildman–Crippen MR) is 85.2 cm³/mol. The lowest BCUT2D eigenvalue weighted by Crippen LogP contribution is -2.50. The number of nitrogen functional groups attached to an aromatic ring is 1. The molecule has 1 amide bonds. The molecule has 0 saturated carbocycles. The normalized spacial score (nSPS) is 16.0. The highest BCUT2D eigenvalue weighted by Crippen LogP contribution is 2.14. The quantitative estimate of drug-likeness (QED) is 0.863. The van der Waals surface area contributed by atoms with Gasteiger partial charge in [0.25, 0.3) is 0 Å². The Morgan fingerprint density at radius 3 is 2.43 bits per heavy atom. The van der Waals surface area contributed by atoms with E-state index in [9.17, 15) is 4.79 Å². The lowest BCUT2D eigenvalue weighted by atomic mass is 10.3. The molecular formula is C15H25N5O. The van der Waals surface area contributed by atoms with E-state index in [1.807, 2.05) is 30.9 Å². The van der Waals surface area contributed by atoms with Crippen LogP contribution in [-0.2, 0) is 4.79 Å². The van der Waals surface area contributed by atoms with E-state index < -0.39 is 0 Å². The van der Waals surface area contributed by atoms with Crippen LogP contribution < -0.4 is 10.6 Å². The third-order valence-electron chi connectivity index (χ3n) is 3.94. The van der Waals surface area contributed by atoms with E-state index in [0.29, 0.717) is 12.2 Å². The molecule has 0 spiro atoms. The summed E-state index contributed by atoms with van der Waals surface area (Å²) in [5.74, 6) is 1.18. The Bertz CT molecular complexity index is 450. The molecule has 0 aromatic carbocycles. The molecule has 1 aliphatic rings. The van der Waals surface area contributed by atoms with Crippen LogP contribution in [0.15, 0.2) is 18.3 Å². The maximum atomic E-state index is 12.1. The minimum absolute atomic E-state index is 0.221. The molecule has 2 N–H and O–H groups in total. The van der Waals surface area contributed by atoms with Crippen molar-refractivity contribution in [2.45, 2.75) is 13.8 Å². The third kappa shape index (κ3) is 4.07. The number of amides is 1. The first-order valence-corrected chi connectivity index (χ1v) is 7.60. The van der Waals surface area contributed by atoms with Crippen molar-refractivity contribution in [3.63, 3.8) is 0 Å². The zero-order valence-corrected chi connectivity index (χ0v) is 13.0. The van der Waals surface area contributed by atoms with Crippen LogP contribution in [0.4, 0.5) is 11.5 Å². The van der Waals surface area contributed by atoms with E-state index in [4.69, 9.17) is 5.73 Å². The average Bonchev–Trinajstić information content (AvgIpc) is 2.50. The van der Waals surface area contributed by atoms with E-state index in [-0.39, 0.29) is 5.91 Å².